The molecule has 0 bridgehead atoms. The zero-order valence-electron chi connectivity index (χ0n) is 15.7. The molecule has 150 valence electrons. The van der Waals surface area contributed by atoms with Crippen molar-refractivity contribution in [2.24, 2.45) is 5.92 Å². The number of rotatable bonds is 8. The molecule has 2 aromatic heterocycles. The quantitative estimate of drug-likeness (QED) is 0.611. The van der Waals surface area contributed by atoms with Gasteiger partial charge in [0.05, 0.1) is 25.5 Å². The number of benzene rings is 1. The normalized spacial score (nSPS) is 19.5. The molecule has 0 unspecified atom stereocenters. The third-order valence-corrected chi connectivity index (χ3v) is 6.37. The number of nitrogens with zero attached hydrogens (tertiary/aromatic N) is 3. The molecule has 1 aliphatic rings. The van der Waals surface area contributed by atoms with Gasteiger partial charge in [0.15, 0.2) is 11.4 Å². The summed E-state index contributed by atoms with van der Waals surface area (Å²) in [4.78, 5) is 0. The lowest BCUT2D eigenvalue weighted by Gasteiger charge is -2.33. The molecule has 2 heterocycles. The molecule has 4 rings (SSSR count). The van der Waals surface area contributed by atoms with Gasteiger partial charge in [0.2, 0.25) is 10.0 Å². The number of aromatic nitrogens is 3. The smallest absolute Gasteiger partial charge is 0.234 e. The standard InChI is InChI=1S/C18H22N4O5S/c1-25-14-6-13(7-14)11-28(23,24)21-18-17-15(26-2)8-12(9-16(17)27-20-18)10-22-5-3-4-19-22/h3-5,8-9,13-14H,6-7,10-11H2,1-2H3,(H,20,21). The third-order valence-electron chi connectivity index (χ3n) is 4.95. The minimum absolute atomic E-state index is 0.0287. The fraction of sp³-hybridized carbons (Fsp3) is 0.444. The highest BCUT2D eigenvalue weighted by Gasteiger charge is 2.33. The molecule has 0 saturated heterocycles. The second kappa shape index (κ2) is 7.44. The number of sulfonamides is 1. The maximum absolute atomic E-state index is 12.5. The molecule has 0 amide bonds. The Labute approximate surface area is 162 Å². The van der Waals surface area contributed by atoms with Crippen LogP contribution in [0.4, 0.5) is 5.82 Å². The second-order valence-electron chi connectivity index (χ2n) is 6.98. The zero-order valence-corrected chi connectivity index (χ0v) is 16.5. The molecule has 0 aliphatic heterocycles. The Morgan fingerprint density at radius 2 is 2.14 bits per heavy atom. The molecule has 9 nitrogen and oxygen atoms in total. The molecular weight excluding hydrogens is 384 g/mol. The lowest BCUT2D eigenvalue weighted by Crippen LogP contribution is -2.36. The number of fused-ring (bicyclic) bond motifs is 1. The van der Waals surface area contributed by atoms with Gasteiger partial charge in [0.25, 0.3) is 0 Å². The van der Waals surface area contributed by atoms with Crippen LogP contribution in [-0.2, 0) is 21.3 Å². The van der Waals surface area contributed by atoms with Gasteiger partial charge < -0.3 is 14.0 Å². The topological polar surface area (TPSA) is 108 Å². The summed E-state index contributed by atoms with van der Waals surface area (Å²) in [5, 5.41) is 8.60. The van der Waals surface area contributed by atoms with Crippen LogP contribution in [0, 0.1) is 5.92 Å². The van der Waals surface area contributed by atoms with Crippen LogP contribution in [0.15, 0.2) is 35.1 Å². The molecule has 0 atom stereocenters. The van der Waals surface area contributed by atoms with E-state index in [1.165, 1.54) is 7.11 Å². The summed E-state index contributed by atoms with van der Waals surface area (Å²) >= 11 is 0. The molecule has 0 spiro atoms. The third kappa shape index (κ3) is 3.83. The first kappa shape index (κ1) is 18.8. The first-order valence-electron chi connectivity index (χ1n) is 8.94. The summed E-state index contributed by atoms with van der Waals surface area (Å²) < 4.78 is 45.4. The Morgan fingerprint density at radius 1 is 1.32 bits per heavy atom. The lowest BCUT2D eigenvalue weighted by atomic mass is 9.84. The van der Waals surface area contributed by atoms with Gasteiger partial charge in [-0.15, -0.1) is 0 Å². The van der Waals surface area contributed by atoms with Crippen molar-refractivity contribution in [3.8, 4) is 5.75 Å². The first-order valence-corrected chi connectivity index (χ1v) is 10.6. The predicted molar refractivity (Wildman–Crippen MR) is 103 cm³/mol. The molecule has 1 saturated carbocycles. The molecule has 1 N–H and O–H groups in total. The van der Waals surface area contributed by atoms with Crippen LogP contribution in [-0.4, -0.2) is 49.4 Å². The van der Waals surface area contributed by atoms with Gasteiger partial charge in [0, 0.05) is 19.5 Å². The zero-order chi connectivity index (χ0) is 19.7. The summed E-state index contributed by atoms with van der Waals surface area (Å²) in [5.74, 6) is 0.742. The molecule has 0 radical (unpaired) electrons. The van der Waals surface area contributed by atoms with Gasteiger partial charge in [-0.25, -0.2) is 8.42 Å². The van der Waals surface area contributed by atoms with Crippen molar-refractivity contribution >= 4 is 26.8 Å². The van der Waals surface area contributed by atoms with Gasteiger partial charge in [-0.3, -0.25) is 9.40 Å². The monoisotopic (exact) mass is 406 g/mol. The van der Waals surface area contributed by atoms with E-state index >= 15 is 0 Å². The van der Waals surface area contributed by atoms with E-state index in [1.54, 1.807) is 24.1 Å². The van der Waals surface area contributed by atoms with Crippen LogP contribution in [0.2, 0.25) is 0 Å². The Hall–Kier alpha value is -2.59. The van der Waals surface area contributed by atoms with E-state index in [1.807, 2.05) is 18.3 Å². The van der Waals surface area contributed by atoms with Gasteiger partial charge in [-0.2, -0.15) is 5.10 Å². The summed E-state index contributed by atoms with van der Waals surface area (Å²) in [7, 11) is -0.396. The van der Waals surface area contributed by atoms with Crippen molar-refractivity contribution in [3.05, 3.63) is 36.2 Å². The van der Waals surface area contributed by atoms with E-state index in [9.17, 15) is 8.42 Å². The van der Waals surface area contributed by atoms with Crippen molar-refractivity contribution in [1.82, 2.24) is 14.9 Å². The van der Waals surface area contributed by atoms with Crippen molar-refractivity contribution < 1.29 is 22.4 Å². The fourth-order valence-corrected chi connectivity index (χ4v) is 4.91. The molecule has 1 fully saturated rings. The van der Waals surface area contributed by atoms with Crippen molar-refractivity contribution in [2.75, 3.05) is 24.7 Å². The molecule has 1 aromatic carbocycles. The first-order chi connectivity index (χ1) is 13.5. The Balaban J connectivity index is 1.56. The number of nitrogens with one attached hydrogen (secondary N) is 1. The van der Waals surface area contributed by atoms with E-state index in [4.69, 9.17) is 14.0 Å². The van der Waals surface area contributed by atoms with Crippen molar-refractivity contribution in [1.29, 1.82) is 0 Å². The second-order valence-corrected chi connectivity index (χ2v) is 8.75. The van der Waals surface area contributed by atoms with Gasteiger partial charge in [0.1, 0.15) is 11.1 Å². The van der Waals surface area contributed by atoms with Crippen LogP contribution < -0.4 is 9.46 Å². The number of hydrogen-bond donors (Lipinski definition) is 1. The van der Waals surface area contributed by atoms with E-state index in [0.717, 1.165) is 18.4 Å². The molecular formula is C18H22N4O5S. The molecule has 1 aliphatic carbocycles. The molecule has 28 heavy (non-hydrogen) atoms. The summed E-state index contributed by atoms with van der Waals surface area (Å²) in [6.07, 6.45) is 5.20. The van der Waals surface area contributed by atoms with E-state index in [-0.39, 0.29) is 23.6 Å². The largest absolute Gasteiger partial charge is 0.496 e. The summed E-state index contributed by atoms with van der Waals surface area (Å²) in [6, 6.07) is 5.47. The predicted octanol–water partition coefficient (Wildman–Crippen LogP) is 2.25. The SMILES string of the molecule is COc1cc(Cn2cccn2)cc2onc(NS(=O)(=O)CC3CC(OC)C3)c12. The minimum atomic E-state index is -3.56. The highest BCUT2D eigenvalue weighted by Crippen LogP contribution is 2.35. The maximum Gasteiger partial charge on any atom is 0.234 e. The van der Waals surface area contributed by atoms with Crippen LogP contribution in [0.5, 0.6) is 5.75 Å². The summed E-state index contributed by atoms with van der Waals surface area (Å²) in [5.41, 5.74) is 1.35. The van der Waals surface area contributed by atoms with Crippen LogP contribution >= 0.6 is 0 Å². The summed E-state index contributed by atoms with van der Waals surface area (Å²) in [6.45, 7) is 0.531. The van der Waals surface area contributed by atoms with Crippen LogP contribution in [0.1, 0.15) is 18.4 Å². The molecule has 3 aromatic rings. The average molecular weight is 406 g/mol. The van der Waals surface area contributed by atoms with Crippen LogP contribution in [0.25, 0.3) is 11.0 Å². The lowest BCUT2D eigenvalue weighted by molar-refractivity contribution is 0.00860. The highest BCUT2D eigenvalue weighted by atomic mass is 32.2. The fourth-order valence-electron chi connectivity index (χ4n) is 3.50. The van der Waals surface area contributed by atoms with E-state index < -0.39 is 10.0 Å². The van der Waals surface area contributed by atoms with Crippen LogP contribution in [0.3, 0.4) is 0 Å². The minimum Gasteiger partial charge on any atom is -0.496 e. The van der Waals surface area contributed by atoms with E-state index in [0.29, 0.717) is 23.3 Å². The average Bonchev–Trinajstić information content (AvgIpc) is 3.27. The Morgan fingerprint density at radius 3 is 2.82 bits per heavy atom. The number of methoxy groups -OCH3 is 2. The van der Waals surface area contributed by atoms with Crippen molar-refractivity contribution in [3.63, 3.8) is 0 Å². The Kier molecular flexibility index (Phi) is 4.98. The number of ether oxygens (including phenoxy) is 2. The van der Waals surface area contributed by atoms with Gasteiger partial charge in [-0.05, 0) is 42.5 Å². The molecule has 10 heteroatoms. The maximum atomic E-state index is 12.5. The van der Waals surface area contributed by atoms with Gasteiger partial charge in [-0.1, -0.05) is 5.16 Å². The van der Waals surface area contributed by atoms with Crippen molar-refractivity contribution in [2.45, 2.75) is 25.5 Å². The Bertz CT molecular complexity index is 1060. The van der Waals surface area contributed by atoms with E-state index in [2.05, 4.69) is 15.0 Å². The van der Waals surface area contributed by atoms with Gasteiger partial charge >= 0.3 is 0 Å². The number of hydrogen-bond acceptors (Lipinski definition) is 7. The number of anilines is 1. The highest BCUT2D eigenvalue weighted by molar-refractivity contribution is 7.92.